The van der Waals surface area contributed by atoms with E-state index in [1.54, 1.807) is 18.2 Å². The van der Waals surface area contributed by atoms with E-state index in [9.17, 15) is 9.18 Å². The molecule has 0 amide bonds. The van der Waals surface area contributed by atoms with Crippen molar-refractivity contribution in [2.75, 3.05) is 13.1 Å². The number of Topliss-reactive ketones (excluding diaryl/α,β-unsaturated/α-hetero) is 1. The molecular weight excluding hydrogens is 241 g/mol. The van der Waals surface area contributed by atoms with Gasteiger partial charge in [-0.25, -0.2) is 4.39 Å². The predicted molar refractivity (Wildman–Crippen MR) is 72.7 cm³/mol. The summed E-state index contributed by atoms with van der Waals surface area (Å²) in [5, 5.41) is 0. The summed E-state index contributed by atoms with van der Waals surface area (Å²) in [5.74, 6) is -0.372. The van der Waals surface area contributed by atoms with Crippen molar-refractivity contribution >= 4 is 5.78 Å². The van der Waals surface area contributed by atoms with Crippen LogP contribution in [0.15, 0.2) is 24.3 Å². The molecule has 19 heavy (non-hydrogen) atoms. The summed E-state index contributed by atoms with van der Waals surface area (Å²) in [6.45, 7) is 1.97. The maximum Gasteiger partial charge on any atom is 0.186 e. The fourth-order valence-corrected chi connectivity index (χ4v) is 3.69. The second-order valence-electron chi connectivity index (χ2n) is 5.74. The molecule has 0 aromatic heterocycles. The van der Waals surface area contributed by atoms with Crippen LogP contribution in [0.25, 0.3) is 0 Å². The van der Waals surface area contributed by atoms with Gasteiger partial charge in [-0.15, -0.1) is 0 Å². The van der Waals surface area contributed by atoms with Crippen LogP contribution in [-0.2, 0) is 0 Å². The highest BCUT2D eigenvalue weighted by Gasteiger charge is 2.47. The second kappa shape index (κ2) is 5.04. The zero-order valence-electron chi connectivity index (χ0n) is 11.2. The van der Waals surface area contributed by atoms with Crippen LogP contribution in [0.2, 0.25) is 0 Å². The molecule has 1 aromatic carbocycles. The summed E-state index contributed by atoms with van der Waals surface area (Å²) >= 11 is 0. The van der Waals surface area contributed by atoms with Crippen LogP contribution in [0.5, 0.6) is 0 Å². The average molecular weight is 261 g/mol. The lowest BCUT2D eigenvalue weighted by Gasteiger charge is -2.37. The molecule has 1 saturated carbocycles. The highest BCUT2D eigenvalue weighted by molar-refractivity contribution is 6.03. The van der Waals surface area contributed by atoms with Crippen LogP contribution in [0.1, 0.15) is 48.9 Å². The Bertz CT molecular complexity index is 473. The highest BCUT2D eigenvalue weighted by Crippen LogP contribution is 2.40. The molecule has 2 fully saturated rings. The number of ketones is 1. The number of rotatable bonds is 3. The van der Waals surface area contributed by atoms with Gasteiger partial charge in [-0.3, -0.25) is 9.69 Å². The van der Waals surface area contributed by atoms with E-state index in [2.05, 4.69) is 4.90 Å². The molecule has 1 aliphatic heterocycles. The first kappa shape index (κ1) is 12.8. The Morgan fingerprint density at radius 1 is 1.05 bits per heavy atom. The molecule has 3 heteroatoms. The zero-order valence-corrected chi connectivity index (χ0v) is 11.2. The molecular formula is C16H20FNO. The summed E-state index contributed by atoms with van der Waals surface area (Å²) in [6.07, 6.45) is 6.26. The van der Waals surface area contributed by atoms with Crippen LogP contribution < -0.4 is 0 Å². The van der Waals surface area contributed by atoms with Crippen LogP contribution >= 0.6 is 0 Å². The van der Waals surface area contributed by atoms with Crippen LogP contribution in [0, 0.1) is 5.82 Å². The number of likely N-dealkylation sites (tertiary alicyclic amines) is 1. The first-order valence-electron chi connectivity index (χ1n) is 7.28. The SMILES string of the molecule is O=C(c1ccccc1F)C1(N2CCCC2)CCCC1. The molecule has 0 spiro atoms. The van der Waals surface area contributed by atoms with Gasteiger partial charge in [0.15, 0.2) is 5.78 Å². The highest BCUT2D eigenvalue weighted by atomic mass is 19.1. The number of carbonyl (C=O) groups is 1. The lowest BCUT2D eigenvalue weighted by atomic mass is 9.85. The van der Waals surface area contributed by atoms with E-state index in [1.165, 1.54) is 6.07 Å². The monoisotopic (exact) mass is 261 g/mol. The fraction of sp³-hybridized carbons (Fsp3) is 0.562. The van der Waals surface area contributed by atoms with Gasteiger partial charge < -0.3 is 0 Å². The summed E-state index contributed by atoms with van der Waals surface area (Å²) < 4.78 is 13.9. The summed E-state index contributed by atoms with van der Waals surface area (Å²) in [5.41, 5.74) is -0.144. The van der Waals surface area contributed by atoms with Crippen molar-refractivity contribution in [3.8, 4) is 0 Å². The van der Waals surface area contributed by atoms with E-state index in [0.29, 0.717) is 0 Å². The number of hydrogen-bond acceptors (Lipinski definition) is 2. The third-order valence-corrected chi connectivity index (χ3v) is 4.68. The van der Waals surface area contributed by atoms with Crippen molar-refractivity contribution in [3.63, 3.8) is 0 Å². The number of carbonyl (C=O) groups excluding carboxylic acids is 1. The van der Waals surface area contributed by atoms with Gasteiger partial charge in [0.1, 0.15) is 5.82 Å². The molecule has 1 saturated heterocycles. The minimum atomic E-state index is -0.418. The number of benzene rings is 1. The number of hydrogen-bond donors (Lipinski definition) is 0. The molecule has 0 unspecified atom stereocenters. The Morgan fingerprint density at radius 3 is 2.32 bits per heavy atom. The van der Waals surface area contributed by atoms with E-state index < -0.39 is 5.54 Å². The Hall–Kier alpha value is -1.22. The quantitative estimate of drug-likeness (QED) is 0.777. The summed E-state index contributed by atoms with van der Waals surface area (Å²) in [7, 11) is 0. The third-order valence-electron chi connectivity index (χ3n) is 4.68. The molecule has 1 aliphatic carbocycles. The Kier molecular flexibility index (Phi) is 3.40. The van der Waals surface area contributed by atoms with E-state index in [4.69, 9.17) is 0 Å². The van der Waals surface area contributed by atoms with Crippen molar-refractivity contribution in [1.29, 1.82) is 0 Å². The van der Waals surface area contributed by atoms with Gasteiger partial charge in [0.25, 0.3) is 0 Å². The van der Waals surface area contributed by atoms with E-state index >= 15 is 0 Å². The molecule has 0 bridgehead atoms. The summed E-state index contributed by atoms with van der Waals surface area (Å²) in [4.78, 5) is 15.2. The van der Waals surface area contributed by atoms with E-state index in [0.717, 1.165) is 51.6 Å². The Labute approximate surface area is 113 Å². The molecule has 3 rings (SSSR count). The lowest BCUT2D eigenvalue weighted by molar-refractivity contribution is 0.0622. The Morgan fingerprint density at radius 2 is 1.68 bits per heavy atom. The van der Waals surface area contributed by atoms with Crippen molar-refractivity contribution < 1.29 is 9.18 Å². The van der Waals surface area contributed by atoms with Crippen LogP contribution in [0.3, 0.4) is 0 Å². The van der Waals surface area contributed by atoms with Gasteiger partial charge in [0.05, 0.1) is 11.1 Å². The maximum atomic E-state index is 13.9. The van der Waals surface area contributed by atoms with Gasteiger partial charge in [-0.1, -0.05) is 25.0 Å². The standard InChI is InChI=1S/C16H20FNO/c17-14-8-2-1-7-13(14)15(19)16(9-3-4-10-16)18-11-5-6-12-18/h1-2,7-8H,3-6,9-12H2. The summed E-state index contributed by atoms with van der Waals surface area (Å²) in [6, 6.07) is 6.42. The Balaban J connectivity index is 1.96. The molecule has 0 atom stereocenters. The first-order chi connectivity index (χ1) is 9.24. The molecule has 2 aliphatic rings. The third kappa shape index (κ3) is 2.10. The number of nitrogens with zero attached hydrogens (tertiary/aromatic N) is 1. The average Bonchev–Trinajstić information content (AvgIpc) is 3.10. The zero-order chi connectivity index (χ0) is 13.3. The van der Waals surface area contributed by atoms with Gasteiger partial charge >= 0.3 is 0 Å². The van der Waals surface area contributed by atoms with Crippen molar-refractivity contribution in [2.45, 2.75) is 44.1 Å². The van der Waals surface area contributed by atoms with Crippen LogP contribution in [0.4, 0.5) is 4.39 Å². The largest absolute Gasteiger partial charge is 0.292 e. The number of halogens is 1. The minimum absolute atomic E-state index is 0.00463. The normalized spacial score (nSPS) is 22.8. The van der Waals surface area contributed by atoms with Crippen molar-refractivity contribution in [1.82, 2.24) is 4.90 Å². The molecule has 0 N–H and O–H groups in total. The molecule has 1 aromatic rings. The predicted octanol–water partition coefficient (Wildman–Crippen LogP) is 3.42. The topological polar surface area (TPSA) is 20.3 Å². The first-order valence-corrected chi connectivity index (χ1v) is 7.28. The molecule has 2 nitrogen and oxygen atoms in total. The minimum Gasteiger partial charge on any atom is -0.292 e. The van der Waals surface area contributed by atoms with Crippen molar-refractivity contribution in [3.05, 3.63) is 35.6 Å². The maximum absolute atomic E-state index is 13.9. The fourth-order valence-electron chi connectivity index (χ4n) is 3.69. The van der Waals surface area contributed by atoms with E-state index in [1.807, 2.05) is 0 Å². The van der Waals surface area contributed by atoms with Gasteiger partial charge in [-0.2, -0.15) is 0 Å². The lowest BCUT2D eigenvalue weighted by Crippen LogP contribution is -2.51. The molecule has 102 valence electrons. The van der Waals surface area contributed by atoms with E-state index in [-0.39, 0.29) is 17.2 Å². The van der Waals surface area contributed by atoms with Crippen molar-refractivity contribution in [2.24, 2.45) is 0 Å². The molecule has 1 heterocycles. The van der Waals surface area contributed by atoms with Gasteiger partial charge in [0, 0.05) is 0 Å². The van der Waals surface area contributed by atoms with Crippen LogP contribution in [-0.4, -0.2) is 29.3 Å². The molecule has 0 radical (unpaired) electrons. The van der Waals surface area contributed by atoms with Gasteiger partial charge in [0.2, 0.25) is 0 Å². The smallest absolute Gasteiger partial charge is 0.186 e. The van der Waals surface area contributed by atoms with Gasteiger partial charge in [-0.05, 0) is 50.9 Å². The second-order valence-corrected chi connectivity index (χ2v) is 5.74.